The van der Waals surface area contributed by atoms with Gasteiger partial charge in [0.25, 0.3) is 0 Å². The number of hydrogen-bond donors (Lipinski definition) is 0. The van der Waals surface area contributed by atoms with E-state index in [2.05, 4.69) is 11.9 Å². The molecule has 0 unspecified atom stereocenters. The van der Waals surface area contributed by atoms with Gasteiger partial charge in [0.05, 0.1) is 0 Å². The second-order valence-electron chi connectivity index (χ2n) is 4.80. The minimum absolute atomic E-state index is 0.479. The first kappa shape index (κ1) is 12.9. The quantitative estimate of drug-likeness (QED) is 0.525. The van der Waals surface area contributed by atoms with E-state index in [1.54, 1.807) is 10.5 Å². The van der Waals surface area contributed by atoms with Crippen LogP contribution in [0.4, 0.5) is 0 Å². The molecule has 3 rings (SSSR count). The number of rotatable bonds is 2. The Morgan fingerprint density at radius 1 is 1.15 bits per heavy atom. The highest BCUT2D eigenvalue weighted by atomic mass is 35.5. The number of benzene rings is 1. The number of fused-ring (bicyclic) bond motifs is 1. The van der Waals surface area contributed by atoms with Gasteiger partial charge in [0.2, 0.25) is 0 Å². The van der Waals surface area contributed by atoms with Crippen molar-refractivity contribution in [2.24, 2.45) is 0 Å². The molecule has 0 atom stereocenters. The number of halogens is 1. The number of carbonyl (C=O) groups is 1. The second-order valence-corrected chi connectivity index (χ2v) is 5.19. The van der Waals surface area contributed by atoms with Crippen LogP contribution in [0.15, 0.2) is 36.4 Å². The number of aryl methyl sites for hydroxylation is 2. The average Bonchev–Trinajstić information content (AvgIpc) is 2.82. The van der Waals surface area contributed by atoms with Gasteiger partial charge >= 0.3 is 0 Å². The molecule has 0 aliphatic heterocycles. The molecule has 1 aromatic carbocycles. The Morgan fingerprint density at radius 3 is 2.65 bits per heavy atom. The number of imidazole rings is 1. The lowest BCUT2D eigenvalue weighted by molar-refractivity contribution is 0.111. The summed E-state index contributed by atoms with van der Waals surface area (Å²) in [6, 6.07) is 11.5. The second kappa shape index (κ2) is 4.76. The number of pyridine rings is 1. The third-order valence-corrected chi connectivity index (χ3v) is 3.82. The van der Waals surface area contributed by atoms with E-state index < -0.39 is 0 Å². The minimum atomic E-state index is 0.479. The van der Waals surface area contributed by atoms with Crippen molar-refractivity contribution < 1.29 is 4.79 Å². The largest absolute Gasteiger partial charge is 0.296 e. The highest BCUT2D eigenvalue weighted by molar-refractivity contribution is 6.30. The predicted octanol–water partition coefficient (Wildman–Crippen LogP) is 4.08. The van der Waals surface area contributed by atoms with Crippen LogP contribution in [0.1, 0.15) is 21.6 Å². The van der Waals surface area contributed by atoms with Gasteiger partial charge in [-0.25, -0.2) is 4.98 Å². The smallest absolute Gasteiger partial charge is 0.169 e. The van der Waals surface area contributed by atoms with Gasteiger partial charge in [-0.15, -0.1) is 0 Å². The van der Waals surface area contributed by atoms with E-state index >= 15 is 0 Å². The van der Waals surface area contributed by atoms with Crippen molar-refractivity contribution in [2.75, 3.05) is 0 Å². The maximum Gasteiger partial charge on any atom is 0.169 e. The zero-order chi connectivity index (χ0) is 14.3. The molecule has 0 N–H and O–H groups in total. The first-order valence-corrected chi connectivity index (χ1v) is 6.69. The molecule has 0 aliphatic carbocycles. The zero-order valence-electron chi connectivity index (χ0n) is 11.2. The lowest BCUT2D eigenvalue weighted by Crippen LogP contribution is -1.94. The van der Waals surface area contributed by atoms with Gasteiger partial charge in [-0.05, 0) is 43.2 Å². The lowest BCUT2D eigenvalue weighted by atomic mass is 10.0. The highest BCUT2D eigenvalue weighted by Gasteiger charge is 2.15. The van der Waals surface area contributed by atoms with Crippen molar-refractivity contribution in [1.29, 1.82) is 0 Å². The first-order chi connectivity index (χ1) is 9.61. The van der Waals surface area contributed by atoms with Crippen LogP contribution in [0.3, 0.4) is 0 Å². The fourth-order valence-corrected chi connectivity index (χ4v) is 2.54. The summed E-state index contributed by atoms with van der Waals surface area (Å²) < 4.78 is 1.67. The van der Waals surface area contributed by atoms with Crippen molar-refractivity contribution in [2.45, 2.75) is 13.8 Å². The van der Waals surface area contributed by atoms with Crippen molar-refractivity contribution >= 4 is 23.5 Å². The van der Waals surface area contributed by atoms with E-state index in [-0.39, 0.29) is 0 Å². The fraction of sp³-hybridized carbons (Fsp3) is 0.125. The summed E-state index contributed by atoms with van der Waals surface area (Å²) in [6.45, 7) is 4.10. The summed E-state index contributed by atoms with van der Waals surface area (Å²) in [5.41, 5.74) is 5.12. The topological polar surface area (TPSA) is 34.4 Å². The molecule has 0 aliphatic rings. The Bertz CT molecular complexity index is 821. The zero-order valence-corrected chi connectivity index (χ0v) is 12.0. The van der Waals surface area contributed by atoms with Gasteiger partial charge in [-0.3, -0.25) is 9.20 Å². The number of carbonyl (C=O) groups excluding carboxylic acids is 1. The van der Waals surface area contributed by atoms with Gasteiger partial charge in [-0.2, -0.15) is 0 Å². The number of aldehydes is 1. The summed E-state index contributed by atoms with van der Waals surface area (Å²) in [5.74, 6) is 0. The molecule has 2 heterocycles. The summed E-state index contributed by atoms with van der Waals surface area (Å²) in [4.78, 5) is 16.0. The van der Waals surface area contributed by atoms with Crippen molar-refractivity contribution in [1.82, 2.24) is 9.38 Å². The SMILES string of the molecule is Cc1ccc(-c2nc3cccc(Cl)n3c2C=O)cc1C. The minimum Gasteiger partial charge on any atom is -0.296 e. The molecule has 2 aromatic heterocycles. The summed E-state index contributed by atoms with van der Waals surface area (Å²) in [5, 5.41) is 0.479. The maximum absolute atomic E-state index is 11.5. The molecule has 0 saturated heterocycles. The van der Waals surface area contributed by atoms with E-state index in [0.29, 0.717) is 22.2 Å². The van der Waals surface area contributed by atoms with Crippen molar-refractivity contribution in [3.63, 3.8) is 0 Å². The third kappa shape index (κ3) is 1.91. The molecule has 0 amide bonds. The Labute approximate surface area is 121 Å². The number of aromatic nitrogens is 2. The lowest BCUT2D eigenvalue weighted by Gasteiger charge is -2.04. The molecule has 20 heavy (non-hydrogen) atoms. The highest BCUT2D eigenvalue weighted by Crippen LogP contribution is 2.27. The van der Waals surface area contributed by atoms with E-state index in [9.17, 15) is 4.79 Å². The van der Waals surface area contributed by atoms with Crippen LogP contribution < -0.4 is 0 Å². The van der Waals surface area contributed by atoms with Crippen LogP contribution in [-0.2, 0) is 0 Å². The van der Waals surface area contributed by atoms with Crippen LogP contribution >= 0.6 is 11.6 Å². The Balaban J connectivity index is 2.33. The van der Waals surface area contributed by atoms with E-state index in [1.165, 1.54) is 11.1 Å². The maximum atomic E-state index is 11.5. The van der Waals surface area contributed by atoms with Gasteiger partial charge in [0.1, 0.15) is 22.2 Å². The van der Waals surface area contributed by atoms with E-state index in [4.69, 9.17) is 11.6 Å². The molecule has 3 aromatic rings. The molecule has 0 saturated carbocycles. The molecule has 0 spiro atoms. The molecule has 3 nitrogen and oxygen atoms in total. The monoisotopic (exact) mass is 284 g/mol. The first-order valence-electron chi connectivity index (χ1n) is 6.31. The molecular weight excluding hydrogens is 272 g/mol. The summed E-state index contributed by atoms with van der Waals surface area (Å²) >= 11 is 6.16. The van der Waals surface area contributed by atoms with E-state index in [1.807, 2.05) is 37.3 Å². The van der Waals surface area contributed by atoms with Crippen LogP contribution in [-0.4, -0.2) is 15.7 Å². The number of nitrogens with zero attached hydrogens (tertiary/aromatic N) is 2. The standard InChI is InChI=1S/C16H13ClN2O/c1-10-6-7-12(8-11(10)2)16-13(9-20)19-14(17)4-3-5-15(19)18-16/h3-9H,1-2H3. The molecule has 0 fully saturated rings. The normalized spacial score (nSPS) is 10.9. The molecule has 4 heteroatoms. The Morgan fingerprint density at radius 2 is 1.95 bits per heavy atom. The molecule has 0 bridgehead atoms. The summed E-state index contributed by atoms with van der Waals surface area (Å²) in [6.07, 6.45) is 0.802. The van der Waals surface area contributed by atoms with Crippen molar-refractivity contribution in [3.05, 3.63) is 58.4 Å². The predicted molar refractivity (Wildman–Crippen MR) is 80.5 cm³/mol. The summed E-state index contributed by atoms with van der Waals surface area (Å²) in [7, 11) is 0. The Hall–Kier alpha value is -2.13. The van der Waals surface area contributed by atoms with Crippen molar-refractivity contribution in [3.8, 4) is 11.3 Å². The number of hydrogen-bond acceptors (Lipinski definition) is 2. The molecular formula is C16H13ClN2O. The van der Waals surface area contributed by atoms with Crippen LogP contribution in [0.25, 0.3) is 16.9 Å². The third-order valence-electron chi connectivity index (χ3n) is 3.52. The van der Waals surface area contributed by atoms with Gasteiger partial charge in [-0.1, -0.05) is 29.8 Å². The van der Waals surface area contributed by atoms with Gasteiger partial charge in [0, 0.05) is 5.56 Å². The van der Waals surface area contributed by atoms with E-state index in [0.717, 1.165) is 11.8 Å². The van der Waals surface area contributed by atoms with Gasteiger partial charge in [0.15, 0.2) is 6.29 Å². The van der Waals surface area contributed by atoms with Gasteiger partial charge < -0.3 is 0 Å². The molecule has 0 radical (unpaired) electrons. The van der Waals surface area contributed by atoms with Crippen LogP contribution in [0, 0.1) is 13.8 Å². The molecule has 100 valence electrons. The van der Waals surface area contributed by atoms with Crippen LogP contribution in [0.2, 0.25) is 5.15 Å². The fourth-order valence-electron chi connectivity index (χ4n) is 2.29. The Kier molecular flexibility index (Phi) is 3.07. The average molecular weight is 285 g/mol. The van der Waals surface area contributed by atoms with Crippen LogP contribution in [0.5, 0.6) is 0 Å².